The van der Waals surface area contributed by atoms with Gasteiger partial charge < -0.3 is 0 Å². The lowest BCUT2D eigenvalue weighted by Crippen LogP contribution is -2.05. The van der Waals surface area contributed by atoms with E-state index < -0.39 is 0 Å². The van der Waals surface area contributed by atoms with Crippen LogP contribution in [0.25, 0.3) is 16.7 Å². The Kier molecular flexibility index (Phi) is 3.46. The third kappa shape index (κ3) is 2.22. The lowest BCUT2D eigenvalue weighted by Gasteiger charge is -2.14. The van der Waals surface area contributed by atoms with E-state index in [4.69, 9.17) is 11.6 Å². The second-order valence-electron chi connectivity index (χ2n) is 5.25. The van der Waals surface area contributed by atoms with Crippen LogP contribution in [-0.2, 0) is 0 Å². The minimum atomic E-state index is -0.264. The molecule has 0 amide bonds. The number of rotatable bonds is 2. The molecule has 0 radical (unpaired) electrons. The van der Waals surface area contributed by atoms with Crippen LogP contribution in [0.3, 0.4) is 0 Å². The monoisotopic (exact) mass is 302 g/mol. The van der Waals surface area contributed by atoms with E-state index in [9.17, 15) is 4.39 Å². The van der Waals surface area contributed by atoms with E-state index in [1.54, 1.807) is 13.0 Å². The number of aromatic nitrogens is 2. The molecule has 0 aliphatic heterocycles. The van der Waals surface area contributed by atoms with Crippen molar-refractivity contribution < 1.29 is 4.39 Å². The van der Waals surface area contributed by atoms with Crippen LogP contribution in [0.4, 0.5) is 4.39 Å². The van der Waals surface area contributed by atoms with Crippen LogP contribution < -0.4 is 0 Å². The van der Waals surface area contributed by atoms with Crippen molar-refractivity contribution in [2.75, 3.05) is 0 Å². The summed E-state index contributed by atoms with van der Waals surface area (Å²) in [5.74, 6) is 0.505. The average Bonchev–Trinajstić information content (AvgIpc) is 2.83. The molecule has 1 aromatic heterocycles. The van der Waals surface area contributed by atoms with E-state index in [2.05, 4.69) is 4.98 Å². The fourth-order valence-corrected chi connectivity index (χ4v) is 2.81. The normalized spacial score (nSPS) is 12.8. The van der Waals surface area contributed by atoms with Crippen LogP contribution in [0, 0.1) is 19.7 Å². The molecule has 0 aliphatic rings. The maximum absolute atomic E-state index is 13.9. The number of alkyl halides is 1. The quantitative estimate of drug-likeness (QED) is 0.604. The van der Waals surface area contributed by atoms with Crippen molar-refractivity contribution in [3.8, 4) is 5.69 Å². The molecular formula is C17H16ClFN2. The zero-order chi connectivity index (χ0) is 15.1. The van der Waals surface area contributed by atoms with E-state index >= 15 is 0 Å². The molecule has 3 rings (SSSR count). The van der Waals surface area contributed by atoms with Gasteiger partial charge in [-0.25, -0.2) is 9.37 Å². The molecule has 3 aromatic rings. The number of aryl methyl sites for hydroxylation is 1. The molecule has 0 saturated carbocycles. The van der Waals surface area contributed by atoms with Gasteiger partial charge in [-0.15, -0.1) is 11.6 Å². The van der Waals surface area contributed by atoms with Crippen LogP contribution in [0.1, 0.15) is 29.3 Å². The molecule has 0 spiro atoms. The Morgan fingerprint density at radius 3 is 2.57 bits per heavy atom. The summed E-state index contributed by atoms with van der Waals surface area (Å²) in [6.07, 6.45) is 0. The molecule has 1 unspecified atom stereocenters. The highest BCUT2D eigenvalue weighted by Crippen LogP contribution is 2.31. The predicted octanol–water partition coefficient (Wildman–Crippen LogP) is 5.08. The van der Waals surface area contributed by atoms with Crippen LogP contribution >= 0.6 is 11.6 Å². The van der Waals surface area contributed by atoms with Gasteiger partial charge >= 0.3 is 0 Å². The molecule has 0 N–H and O–H groups in total. The van der Waals surface area contributed by atoms with Crippen molar-refractivity contribution in [3.63, 3.8) is 0 Å². The third-order valence-corrected chi connectivity index (χ3v) is 3.94. The number of halogens is 2. The van der Waals surface area contributed by atoms with Crippen molar-refractivity contribution in [1.82, 2.24) is 9.55 Å². The summed E-state index contributed by atoms with van der Waals surface area (Å²) in [6.45, 7) is 5.68. The van der Waals surface area contributed by atoms with Gasteiger partial charge in [-0.2, -0.15) is 0 Å². The van der Waals surface area contributed by atoms with E-state index in [-0.39, 0.29) is 11.2 Å². The standard InChI is InChI=1S/C17H16ClFN2/c1-10-6-4-8-14-16(10)21(17(20-14)12(3)18)15-9-5-7-13(19)11(15)2/h4-9,12H,1-3H3. The topological polar surface area (TPSA) is 17.8 Å². The first-order valence-corrected chi connectivity index (χ1v) is 7.32. The highest BCUT2D eigenvalue weighted by molar-refractivity contribution is 6.20. The average molecular weight is 303 g/mol. The minimum absolute atomic E-state index is 0.226. The first-order valence-electron chi connectivity index (χ1n) is 6.88. The highest BCUT2D eigenvalue weighted by atomic mass is 35.5. The summed E-state index contributed by atoms with van der Waals surface area (Å²) in [5.41, 5.74) is 4.33. The Hall–Kier alpha value is -1.87. The molecule has 21 heavy (non-hydrogen) atoms. The van der Waals surface area contributed by atoms with Gasteiger partial charge in [0, 0.05) is 5.56 Å². The summed E-state index contributed by atoms with van der Waals surface area (Å²) >= 11 is 6.30. The summed E-state index contributed by atoms with van der Waals surface area (Å²) in [5, 5.41) is -0.264. The van der Waals surface area contributed by atoms with Crippen LogP contribution in [-0.4, -0.2) is 9.55 Å². The van der Waals surface area contributed by atoms with Crippen molar-refractivity contribution in [2.24, 2.45) is 0 Å². The van der Waals surface area contributed by atoms with E-state index in [1.165, 1.54) is 6.07 Å². The lowest BCUT2D eigenvalue weighted by atomic mass is 10.1. The van der Waals surface area contributed by atoms with Gasteiger partial charge in [0.15, 0.2) is 0 Å². The Labute approximate surface area is 128 Å². The van der Waals surface area contributed by atoms with Crippen molar-refractivity contribution in [3.05, 3.63) is 59.2 Å². The lowest BCUT2D eigenvalue weighted by molar-refractivity contribution is 0.616. The van der Waals surface area contributed by atoms with Crippen LogP contribution in [0.5, 0.6) is 0 Å². The molecule has 0 fully saturated rings. The zero-order valence-electron chi connectivity index (χ0n) is 12.2. The predicted molar refractivity (Wildman–Crippen MR) is 84.8 cm³/mol. The Balaban J connectivity index is 2.45. The van der Waals surface area contributed by atoms with Gasteiger partial charge in [-0.1, -0.05) is 18.2 Å². The van der Waals surface area contributed by atoms with Crippen molar-refractivity contribution in [2.45, 2.75) is 26.1 Å². The van der Waals surface area contributed by atoms with Crippen molar-refractivity contribution >= 4 is 22.6 Å². The molecule has 0 saturated heterocycles. The molecule has 108 valence electrons. The fourth-order valence-electron chi connectivity index (χ4n) is 2.66. The molecular weight excluding hydrogens is 287 g/mol. The summed E-state index contributed by atoms with van der Waals surface area (Å²) in [7, 11) is 0. The second kappa shape index (κ2) is 5.15. The third-order valence-electron chi connectivity index (χ3n) is 3.74. The summed E-state index contributed by atoms with van der Waals surface area (Å²) in [6, 6.07) is 11.0. The second-order valence-corrected chi connectivity index (χ2v) is 5.90. The van der Waals surface area contributed by atoms with Crippen molar-refractivity contribution in [1.29, 1.82) is 0 Å². The SMILES string of the molecule is Cc1c(F)cccc1-n1c(C(C)Cl)nc2cccc(C)c21. The Morgan fingerprint density at radius 1 is 1.14 bits per heavy atom. The summed E-state index contributed by atoms with van der Waals surface area (Å²) in [4.78, 5) is 4.63. The zero-order valence-corrected chi connectivity index (χ0v) is 12.9. The van der Waals surface area contributed by atoms with Gasteiger partial charge in [0.05, 0.1) is 22.1 Å². The number of hydrogen-bond acceptors (Lipinski definition) is 1. The van der Waals surface area contributed by atoms with Crippen LogP contribution in [0.2, 0.25) is 0 Å². The van der Waals surface area contributed by atoms with Gasteiger partial charge in [0.1, 0.15) is 11.6 Å². The number of hydrogen-bond donors (Lipinski definition) is 0. The Morgan fingerprint density at radius 2 is 1.86 bits per heavy atom. The number of para-hydroxylation sites is 1. The van der Waals surface area contributed by atoms with E-state index in [0.717, 1.165) is 28.1 Å². The highest BCUT2D eigenvalue weighted by Gasteiger charge is 2.19. The molecule has 0 aliphatic carbocycles. The summed E-state index contributed by atoms with van der Waals surface area (Å²) < 4.78 is 15.9. The first kappa shape index (κ1) is 14.1. The molecule has 2 aromatic carbocycles. The number of nitrogens with zero attached hydrogens (tertiary/aromatic N) is 2. The van der Waals surface area contributed by atoms with E-state index in [1.807, 2.05) is 42.7 Å². The number of imidazole rings is 1. The number of benzene rings is 2. The first-order chi connectivity index (χ1) is 10.0. The molecule has 1 atom stereocenters. The maximum atomic E-state index is 13.9. The maximum Gasteiger partial charge on any atom is 0.132 e. The molecule has 1 heterocycles. The Bertz CT molecular complexity index is 821. The van der Waals surface area contributed by atoms with Crippen LogP contribution in [0.15, 0.2) is 36.4 Å². The smallest absolute Gasteiger partial charge is 0.132 e. The minimum Gasteiger partial charge on any atom is -0.294 e. The van der Waals surface area contributed by atoms with Gasteiger partial charge in [0.2, 0.25) is 0 Å². The molecule has 4 heteroatoms. The van der Waals surface area contributed by atoms with E-state index in [0.29, 0.717) is 5.56 Å². The van der Waals surface area contributed by atoms with Gasteiger partial charge in [-0.3, -0.25) is 4.57 Å². The fraction of sp³-hybridized carbons (Fsp3) is 0.235. The largest absolute Gasteiger partial charge is 0.294 e. The molecule has 2 nitrogen and oxygen atoms in total. The number of fused-ring (bicyclic) bond motifs is 1. The molecule has 0 bridgehead atoms. The van der Waals surface area contributed by atoms with Gasteiger partial charge in [0.25, 0.3) is 0 Å². The van der Waals surface area contributed by atoms with Gasteiger partial charge in [-0.05, 0) is 44.5 Å².